The van der Waals surface area contributed by atoms with Crippen molar-refractivity contribution < 1.29 is 9.53 Å². The first-order chi connectivity index (χ1) is 9.99. The number of ether oxygens (including phenoxy) is 1. The van der Waals surface area contributed by atoms with Crippen molar-refractivity contribution in [3.05, 3.63) is 24.0 Å². The van der Waals surface area contributed by atoms with E-state index < -0.39 is 0 Å². The second-order valence-corrected chi connectivity index (χ2v) is 4.67. The SMILES string of the molecule is CC(C)Oc1cc(C(=O)Nc2ccn(CC#N)n2)nn1C. The van der Waals surface area contributed by atoms with Gasteiger partial charge >= 0.3 is 0 Å². The minimum Gasteiger partial charge on any atom is -0.475 e. The molecule has 2 aromatic heterocycles. The number of aryl methyl sites for hydroxylation is 1. The van der Waals surface area contributed by atoms with Crippen molar-refractivity contribution >= 4 is 11.7 Å². The average Bonchev–Trinajstić information content (AvgIpc) is 2.97. The summed E-state index contributed by atoms with van der Waals surface area (Å²) in [4.78, 5) is 12.1. The van der Waals surface area contributed by atoms with Gasteiger partial charge in [-0.15, -0.1) is 0 Å². The summed E-state index contributed by atoms with van der Waals surface area (Å²) in [6, 6.07) is 5.15. The first-order valence-corrected chi connectivity index (χ1v) is 6.42. The summed E-state index contributed by atoms with van der Waals surface area (Å²) in [5.74, 6) is 0.504. The van der Waals surface area contributed by atoms with E-state index in [0.717, 1.165) is 0 Å². The van der Waals surface area contributed by atoms with Crippen LogP contribution in [0.4, 0.5) is 5.82 Å². The highest BCUT2D eigenvalue weighted by Crippen LogP contribution is 2.15. The number of rotatable bonds is 5. The van der Waals surface area contributed by atoms with E-state index in [1.54, 1.807) is 25.4 Å². The third-order valence-electron chi connectivity index (χ3n) is 2.54. The number of hydrogen-bond acceptors (Lipinski definition) is 5. The Hall–Kier alpha value is -2.82. The fraction of sp³-hybridized carbons (Fsp3) is 0.385. The molecule has 1 N–H and O–H groups in total. The number of carbonyl (C=O) groups excluding carboxylic acids is 1. The maximum absolute atomic E-state index is 12.1. The molecule has 0 bridgehead atoms. The fourth-order valence-corrected chi connectivity index (χ4v) is 1.68. The van der Waals surface area contributed by atoms with Gasteiger partial charge in [0.25, 0.3) is 5.91 Å². The molecule has 0 aliphatic heterocycles. The first kappa shape index (κ1) is 14.6. The van der Waals surface area contributed by atoms with Gasteiger partial charge in [0.1, 0.15) is 6.54 Å². The van der Waals surface area contributed by atoms with Crippen LogP contribution in [0.3, 0.4) is 0 Å². The molecule has 8 nitrogen and oxygen atoms in total. The molecule has 0 atom stereocenters. The van der Waals surface area contributed by atoms with Gasteiger partial charge in [-0.3, -0.25) is 9.48 Å². The topological polar surface area (TPSA) is 97.8 Å². The van der Waals surface area contributed by atoms with Crippen LogP contribution in [-0.2, 0) is 13.6 Å². The normalized spacial score (nSPS) is 10.4. The Morgan fingerprint density at radius 2 is 2.29 bits per heavy atom. The molecule has 0 fully saturated rings. The molecule has 0 aliphatic rings. The maximum Gasteiger partial charge on any atom is 0.277 e. The molecule has 21 heavy (non-hydrogen) atoms. The number of anilines is 1. The van der Waals surface area contributed by atoms with E-state index in [0.29, 0.717) is 11.7 Å². The van der Waals surface area contributed by atoms with Crippen LogP contribution in [0.2, 0.25) is 0 Å². The minimum atomic E-state index is -0.383. The standard InChI is InChI=1S/C13H16N6O2/c1-9(2)21-12-8-10(16-18(12)3)13(20)15-11-4-6-19(17-11)7-5-14/h4,6,8-9H,7H2,1-3H3,(H,15,17,20). The molecule has 2 heterocycles. The van der Waals surface area contributed by atoms with Crippen molar-refractivity contribution in [2.75, 3.05) is 5.32 Å². The molecule has 110 valence electrons. The van der Waals surface area contributed by atoms with Crippen molar-refractivity contribution in [3.63, 3.8) is 0 Å². The lowest BCUT2D eigenvalue weighted by molar-refractivity contribution is 0.102. The number of amides is 1. The van der Waals surface area contributed by atoms with Gasteiger partial charge in [-0.25, -0.2) is 4.68 Å². The highest BCUT2D eigenvalue weighted by Gasteiger charge is 2.15. The number of carbonyl (C=O) groups is 1. The second-order valence-electron chi connectivity index (χ2n) is 4.67. The molecule has 1 amide bonds. The Balaban J connectivity index is 2.07. The van der Waals surface area contributed by atoms with Crippen LogP contribution in [0.15, 0.2) is 18.3 Å². The van der Waals surface area contributed by atoms with E-state index >= 15 is 0 Å². The lowest BCUT2D eigenvalue weighted by Crippen LogP contribution is -2.13. The summed E-state index contributed by atoms with van der Waals surface area (Å²) >= 11 is 0. The van der Waals surface area contributed by atoms with Crippen molar-refractivity contribution in [1.29, 1.82) is 5.26 Å². The Kier molecular flexibility index (Phi) is 4.23. The Morgan fingerprint density at radius 1 is 1.52 bits per heavy atom. The average molecular weight is 288 g/mol. The van der Waals surface area contributed by atoms with Gasteiger partial charge < -0.3 is 10.1 Å². The fourth-order valence-electron chi connectivity index (χ4n) is 1.68. The van der Waals surface area contributed by atoms with E-state index in [1.807, 2.05) is 19.9 Å². The minimum absolute atomic E-state index is 0.00186. The van der Waals surface area contributed by atoms with Crippen LogP contribution in [0, 0.1) is 11.3 Å². The molecule has 0 saturated carbocycles. The van der Waals surface area contributed by atoms with Gasteiger partial charge in [0.05, 0.1) is 12.2 Å². The summed E-state index contributed by atoms with van der Waals surface area (Å²) in [5, 5.41) is 19.3. The first-order valence-electron chi connectivity index (χ1n) is 6.42. The number of nitriles is 1. The molecule has 8 heteroatoms. The highest BCUT2D eigenvalue weighted by atomic mass is 16.5. The van der Waals surface area contributed by atoms with Gasteiger partial charge in [-0.1, -0.05) is 0 Å². The lowest BCUT2D eigenvalue weighted by atomic mass is 10.4. The van der Waals surface area contributed by atoms with Gasteiger partial charge in [-0.05, 0) is 13.8 Å². The third-order valence-corrected chi connectivity index (χ3v) is 2.54. The van der Waals surface area contributed by atoms with Crippen molar-refractivity contribution in [2.24, 2.45) is 7.05 Å². The Bertz CT molecular complexity index is 679. The van der Waals surface area contributed by atoms with Crippen LogP contribution in [0.25, 0.3) is 0 Å². The molecule has 0 aromatic carbocycles. The zero-order chi connectivity index (χ0) is 15.4. The lowest BCUT2D eigenvalue weighted by Gasteiger charge is -2.07. The number of aromatic nitrogens is 4. The van der Waals surface area contributed by atoms with Crippen LogP contribution in [0.1, 0.15) is 24.3 Å². The van der Waals surface area contributed by atoms with E-state index in [1.165, 1.54) is 9.36 Å². The molecule has 0 saturated heterocycles. The second kappa shape index (κ2) is 6.09. The predicted octanol–water partition coefficient (Wildman–Crippen LogP) is 1.18. The van der Waals surface area contributed by atoms with Gasteiger partial charge in [-0.2, -0.15) is 15.5 Å². The molecular weight excluding hydrogens is 272 g/mol. The van der Waals surface area contributed by atoms with Crippen molar-refractivity contribution in [1.82, 2.24) is 19.6 Å². The molecule has 0 unspecified atom stereocenters. The Labute approximate surface area is 121 Å². The zero-order valence-electron chi connectivity index (χ0n) is 12.1. The van der Waals surface area contributed by atoms with Crippen LogP contribution in [-0.4, -0.2) is 31.6 Å². The predicted molar refractivity (Wildman–Crippen MR) is 74.8 cm³/mol. The van der Waals surface area contributed by atoms with Crippen molar-refractivity contribution in [3.8, 4) is 11.9 Å². The van der Waals surface area contributed by atoms with Gasteiger partial charge in [0.15, 0.2) is 11.5 Å². The maximum atomic E-state index is 12.1. The highest BCUT2D eigenvalue weighted by molar-refractivity contribution is 6.02. The summed E-state index contributed by atoms with van der Waals surface area (Å²) in [5.41, 5.74) is 0.239. The largest absolute Gasteiger partial charge is 0.475 e. The van der Waals surface area contributed by atoms with E-state index in [4.69, 9.17) is 10.00 Å². The monoisotopic (exact) mass is 288 g/mol. The van der Waals surface area contributed by atoms with E-state index in [9.17, 15) is 4.79 Å². The smallest absolute Gasteiger partial charge is 0.277 e. The molecule has 0 radical (unpaired) electrons. The number of nitrogens with zero attached hydrogens (tertiary/aromatic N) is 5. The molecular formula is C13H16N6O2. The van der Waals surface area contributed by atoms with E-state index in [2.05, 4.69) is 15.5 Å². The number of hydrogen-bond donors (Lipinski definition) is 1. The molecule has 0 spiro atoms. The van der Waals surface area contributed by atoms with Crippen molar-refractivity contribution in [2.45, 2.75) is 26.5 Å². The zero-order valence-corrected chi connectivity index (χ0v) is 12.1. The Morgan fingerprint density at radius 3 is 2.95 bits per heavy atom. The number of nitrogens with one attached hydrogen (secondary N) is 1. The van der Waals surface area contributed by atoms with Crippen LogP contribution >= 0.6 is 0 Å². The third kappa shape index (κ3) is 3.60. The summed E-state index contributed by atoms with van der Waals surface area (Å²) < 4.78 is 8.46. The van der Waals surface area contributed by atoms with Gasteiger partial charge in [0, 0.05) is 25.4 Å². The quantitative estimate of drug-likeness (QED) is 0.890. The molecule has 2 rings (SSSR count). The molecule has 2 aromatic rings. The van der Waals surface area contributed by atoms with Crippen LogP contribution in [0.5, 0.6) is 5.88 Å². The summed E-state index contributed by atoms with van der Waals surface area (Å²) in [6.07, 6.45) is 1.61. The van der Waals surface area contributed by atoms with Crippen LogP contribution < -0.4 is 10.1 Å². The molecule has 0 aliphatic carbocycles. The van der Waals surface area contributed by atoms with E-state index in [-0.39, 0.29) is 24.2 Å². The van der Waals surface area contributed by atoms with Gasteiger partial charge in [0.2, 0.25) is 5.88 Å². The summed E-state index contributed by atoms with van der Waals surface area (Å²) in [6.45, 7) is 3.93. The summed E-state index contributed by atoms with van der Waals surface area (Å²) in [7, 11) is 1.70.